The fourth-order valence-electron chi connectivity index (χ4n) is 3.52. The molecule has 1 aliphatic carbocycles. The van der Waals surface area contributed by atoms with E-state index in [0.717, 1.165) is 11.3 Å². The van der Waals surface area contributed by atoms with E-state index in [2.05, 4.69) is 50.6 Å². The molecule has 1 aromatic carbocycles. The average molecular weight is 331 g/mol. The molecule has 1 aromatic heterocycles. The van der Waals surface area contributed by atoms with Gasteiger partial charge in [0.1, 0.15) is 5.75 Å². The highest BCUT2D eigenvalue weighted by Crippen LogP contribution is 2.47. The Kier molecular flexibility index (Phi) is 4.38. The summed E-state index contributed by atoms with van der Waals surface area (Å²) >= 11 is 0. The maximum Gasteiger partial charge on any atom is 0.120 e. The molecule has 0 bridgehead atoms. The van der Waals surface area contributed by atoms with E-state index >= 15 is 0 Å². The van der Waals surface area contributed by atoms with Crippen molar-refractivity contribution in [1.29, 1.82) is 0 Å². The number of nitrogens with zero attached hydrogens (tertiary/aromatic N) is 1. The monoisotopic (exact) mass is 331 g/mol. The third-order valence-corrected chi connectivity index (χ3v) is 4.97. The third-order valence-electron chi connectivity index (χ3n) is 4.97. The van der Waals surface area contributed by atoms with Crippen LogP contribution in [0.25, 0.3) is 0 Å². The molecule has 0 radical (unpaired) electrons. The van der Waals surface area contributed by atoms with Crippen molar-refractivity contribution in [2.45, 2.75) is 31.6 Å². The second kappa shape index (κ2) is 6.36. The second-order valence-electron chi connectivity index (χ2n) is 7.57. The molecule has 0 amide bonds. The van der Waals surface area contributed by atoms with Crippen molar-refractivity contribution in [3.05, 3.63) is 96.4 Å². The Labute approximate surface area is 150 Å². The van der Waals surface area contributed by atoms with Crippen LogP contribution in [0.5, 0.6) is 5.75 Å². The molecule has 0 fully saturated rings. The van der Waals surface area contributed by atoms with Gasteiger partial charge in [-0.1, -0.05) is 69.4 Å². The van der Waals surface area contributed by atoms with Gasteiger partial charge in [-0.2, -0.15) is 0 Å². The molecule has 0 saturated heterocycles. The Bertz CT molecular complexity index is 827. The summed E-state index contributed by atoms with van der Waals surface area (Å²) in [6.45, 7) is 10.6. The van der Waals surface area contributed by atoms with Crippen LogP contribution in [-0.2, 0) is 10.8 Å². The highest BCUT2D eigenvalue weighted by Gasteiger charge is 2.42. The smallest absolute Gasteiger partial charge is 0.120 e. The summed E-state index contributed by atoms with van der Waals surface area (Å²) in [5.74, 6) is 0.291. The van der Waals surface area contributed by atoms with E-state index in [0.29, 0.717) is 0 Å². The van der Waals surface area contributed by atoms with Crippen molar-refractivity contribution in [3.8, 4) is 5.75 Å². The summed E-state index contributed by atoms with van der Waals surface area (Å²) in [6.07, 6.45) is 12.0. The van der Waals surface area contributed by atoms with Crippen LogP contribution in [-0.4, -0.2) is 10.1 Å². The Balaban J connectivity index is 2.33. The number of hydrogen-bond acceptors (Lipinski definition) is 2. The SMILES string of the molecule is C=CC1C=CC=CC1(c1ccccn1)c1cc(C(C)(C)C)ccc1O. The van der Waals surface area contributed by atoms with Crippen molar-refractivity contribution < 1.29 is 5.11 Å². The van der Waals surface area contributed by atoms with E-state index < -0.39 is 5.41 Å². The molecule has 2 nitrogen and oxygen atoms in total. The Morgan fingerprint density at radius 3 is 2.60 bits per heavy atom. The van der Waals surface area contributed by atoms with Gasteiger partial charge < -0.3 is 5.11 Å². The minimum Gasteiger partial charge on any atom is -0.508 e. The summed E-state index contributed by atoms with van der Waals surface area (Å²) in [4.78, 5) is 4.64. The van der Waals surface area contributed by atoms with Gasteiger partial charge in [-0.15, -0.1) is 6.58 Å². The molecular formula is C23H25NO. The zero-order valence-corrected chi connectivity index (χ0v) is 15.1. The molecule has 2 heteroatoms. The zero-order chi connectivity index (χ0) is 18.1. The van der Waals surface area contributed by atoms with Gasteiger partial charge in [0.05, 0.1) is 11.1 Å². The van der Waals surface area contributed by atoms with E-state index in [1.807, 2.05) is 42.5 Å². The van der Waals surface area contributed by atoms with Crippen LogP contribution in [0.15, 0.2) is 79.6 Å². The quantitative estimate of drug-likeness (QED) is 0.774. The lowest BCUT2D eigenvalue weighted by molar-refractivity contribution is 0.435. The molecule has 0 spiro atoms. The maximum atomic E-state index is 10.8. The van der Waals surface area contributed by atoms with Crippen LogP contribution in [0.4, 0.5) is 0 Å². The Morgan fingerprint density at radius 1 is 1.16 bits per heavy atom. The zero-order valence-electron chi connectivity index (χ0n) is 15.1. The fraction of sp³-hybridized carbons (Fsp3) is 0.261. The largest absolute Gasteiger partial charge is 0.508 e. The standard InChI is InChI=1S/C23H25NO/c1-5-17-10-6-8-14-23(17,21-11-7-9-15-24-21)19-16-18(22(2,3)4)12-13-20(19)25/h5-17,25H,1H2,2-4H3. The van der Waals surface area contributed by atoms with Gasteiger partial charge in [0.15, 0.2) is 0 Å². The molecule has 2 aromatic rings. The number of hydrogen-bond donors (Lipinski definition) is 1. The number of phenolic OH excluding ortho intramolecular Hbond substituents is 1. The van der Waals surface area contributed by atoms with Gasteiger partial charge >= 0.3 is 0 Å². The highest BCUT2D eigenvalue weighted by molar-refractivity contribution is 5.55. The molecule has 3 rings (SSSR count). The van der Waals surface area contributed by atoms with Gasteiger partial charge in [-0.25, -0.2) is 0 Å². The fourth-order valence-corrected chi connectivity index (χ4v) is 3.52. The van der Waals surface area contributed by atoms with Gasteiger partial charge in [-0.3, -0.25) is 4.98 Å². The van der Waals surface area contributed by atoms with Crippen LogP contribution in [0.3, 0.4) is 0 Å². The van der Waals surface area contributed by atoms with Crippen LogP contribution in [0, 0.1) is 5.92 Å². The third kappa shape index (κ3) is 2.93. The number of allylic oxidation sites excluding steroid dienone is 5. The van der Waals surface area contributed by atoms with E-state index in [1.165, 1.54) is 5.56 Å². The first kappa shape index (κ1) is 17.2. The summed E-state index contributed by atoms with van der Waals surface area (Å²) in [5.41, 5.74) is 2.38. The minimum atomic E-state index is -0.566. The predicted molar refractivity (Wildman–Crippen MR) is 104 cm³/mol. The number of pyridine rings is 1. The molecule has 1 N–H and O–H groups in total. The first-order valence-electron chi connectivity index (χ1n) is 8.63. The van der Waals surface area contributed by atoms with Crippen molar-refractivity contribution in [2.24, 2.45) is 5.92 Å². The van der Waals surface area contributed by atoms with Crippen LogP contribution in [0.2, 0.25) is 0 Å². The first-order chi connectivity index (χ1) is 11.9. The minimum absolute atomic E-state index is 0.00789. The van der Waals surface area contributed by atoms with Gasteiger partial charge in [0.25, 0.3) is 0 Å². The van der Waals surface area contributed by atoms with Crippen LogP contribution >= 0.6 is 0 Å². The van der Waals surface area contributed by atoms with Crippen molar-refractivity contribution in [2.75, 3.05) is 0 Å². The molecule has 128 valence electrons. The van der Waals surface area contributed by atoms with Crippen LogP contribution < -0.4 is 0 Å². The lowest BCUT2D eigenvalue weighted by atomic mass is 9.65. The normalized spacial score (nSPS) is 22.8. The maximum absolute atomic E-state index is 10.8. The van der Waals surface area contributed by atoms with Gasteiger partial charge in [0, 0.05) is 17.7 Å². The average Bonchev–Trinajstić information content (AvgIpc) is 2.61. The van der Waals surface area contributed by atoms with Crippen LogP contribution in [0.1, 0.15) is 37.6 Å². The summed E-state index contributed by atoms with van der Waals surface area (Å²) < 4.78 is 0. The van der Waals surface area contributed by atoms with Crippen molar-refractivity contribution in [1.82, 2.24) is 4.98 Å². The lowest BCUT2D eigenvalue weighted by Gasteiger charge is -2.38. The Hall–Kier alpha value is -2.61. The summed E-state index contributed by atoms with van der Waals surface area (Å²) in [5, 5.41) is 10.8. The van der Waals surface area contributed by atoms with Crippen molar-refractivity contribution >= 4 is 0 Å². The van der Waals surface area contributed by atoms with Gasteiger partial charge in [-0.05, 0) is 29.2 Å². The van der Waals surface area contributed by atoms with E-state index in [9.17, 15) is 5.11 Å². The van der Waals surface area contributed by atoms with Gasteiger partial charge in [0.2, 0.25) is 0 Å². The lowest BCUT2D eigenvalue weighted by Crippen LogP contribution is -2.35. The highest BCUT2D eigenvalue weighted by atomic mass is 16.3. The molecule has 2 atom stereocenters. The number of aromatic nitrogens is 1. The number of phenols is 1. The van der Waals surface area contributed by atoms with Crippen molar-refractivity contribution in [3.63, 3.8) is 0 Å². The number of rotatable bonds is 3. The topological polar surface area (TPSA) is 33.1 Å². The van der Waals surface area contributed by atoms with E-state index in [1.54, 1.807) is 12.3 Å². The molecule has 0 saturated carbocycles. The van der Waals surface area contributed by atoms with E-state index in [4.69, 9.17) is 0 Å². The molecular weight excluding hydrogens is 306 g/mol. The summed E-state index contributed by atoms with van der Waals surface area (Å²) in [6, 6.07) is 11.8. The number of benzene rings is 1. The first-order valence-corrected chi connectivity index (χ1v) is 8.63. The predicted octanol–water partition coefficient (Wildman–Crippen LogP) is 5.30. The second-order valence-corrected chi connectivity index (χ2v) is 7.57. The molecule has 2 unspecified atom stereocenters. The molecule has 25 heavy (non-hydrogen) atoms. The molecule has 0 aliphatic heterocycles. The molecule has 1 aliphatic rings. The van der Waals surface area contributed by atoms with E-state index in [-0.39, 0.29) is 17.1 Å². The Morgan fingerprint density at radius 2 is 1.96 bits per heavy atom. The summed E-state index contributed by atoms with van der Waals surface area (Å²) in [7, 11) is 0. The number of aromatic hydroxyl groups is 1. The molecule has 1 heterocycles.